The molecule has 0 saturated heterocycles. The van der Waals surface area contributed by atoms with Gasteiger partial charge in [0, 0.05) is 18.9 Å². The molecule has 0 N–H and O–H groups in total. The van der Waals surface area contributed by atoms with Crippen molar-refractivity contribution in [1.29, 1.82) is 0 Å². The lowest BCUT2D eigenvalue weighted by Crippen LogP contribution is -2.13. The largest absolute Gasteiger partial charge is 0.461 e. The van der Waals surface area contributed by atoms with Gasteiger partial charge in [-0.2, -0.15) is 10.2 Å². The van der Waals surface area contributed by atoms with Crippen molar-refractivity contribution in [2.45, 2.75) is 20.4 Å². The van der Waals surface area contributed by atoms with Crippen LogP contribution in [0, 0.1) is 6.92 Å². The molecule has 0 fully saturated rings. The van der Waals surface area contributed by atoms with Crippen LogP contribution in [0.2, 0.25) is 0 Å². The Balaban J connectivity index is 2.13. The Morgan fingerprint density at radius 1 is 1.40 bits per heavy atom. The number of aryl methyl sites for hydroxylation is 2. The number of ketones is 1. The van der Waals surface area contributed by atoms with Crippen LogP contribution in [-0.2, 0) is 18.3 Å². The van der Waals surface area contributed by atoms with Gasteiger partial charge in [0.15, 0.2) is 11.5 Å². The molecule has 2 aromatic heterocycles. The smallest absolute Gasteiger partial charge is 0.358 e. The standard InChI is InChI=1S/C13H16N4O3/c1-4-20-13(19)11-5-9(2)17(15-11)8-12(18)10-6-14-16(3)7-10/h5-7H,4,8H2,1-3H3. The van der Waals surface area contributed by atoms with E-state index < -0.39 is 5.97 Å². The third-order valence-electron chi connectivity index (χ3n) is 2.79. The van der Waals surface area contributed by atoms with E-state index in [1.165, 1.54) is 10.9 Å². The van der Waals surface area contributed by atoms with Crippen LogP contribution in [0.25, 0.3) is 0 Å². The SMILES string of the molecule is CCOC(=O)c1cc(C)n(CC(=O)c2cnn(C)c2)n1. The molecular weight excluding hydrogens is 260 g/mol. The lowest BCUT2D eigenvalue weighted by atomic mass is 10.2. The summed E-state index contributed by atoms with van der Waals surface area (Å²) in [7, 11) is 1.74. The molecule has 0 aliphatic rings. The van der Waals surface area contributed by atoms with E-state index in [9.17, 15) is 9.59 Å². The van der Waals surface area contributed by atoms with Crippen LogP contribution in [0.4, 0.5) is 0 Å². The minimum Gasteiger partial charge on any atom is -0.461 e. The minimum atomic E-state index is -0.483. The molecule has 0 aliphatic heterocycles. The van der Waals surface area contributed by atoms with Crippen LogP contribution in [-0.4, -0.2) is 37.9 Å². The molecule has 0 unspecified atom stereocenters. The molecule has 106 valence electrons. The fourth-order valence-corrected chi connectivity index (χ4v) is 1.77. The molecule has 0 radical (unpaired) electrons. The minimum absolute atomic E-state index is 0.0664. The number of Topliss-reactive ketones (excluding diaryl/α,β-unsaturated/α-hetero) is 1. The van der Waals surface area contributed by atoms with Gasteiger partial charge in [0.2, 0.25) is 0 Å². The van der Waals surface area contributed by atoms with Crippen molar-refractivity contribution >= 4 is 11.8 Å². The Bertz CT molecular complexity index is 642. The van der Waals surface area contributed by atoms with E-state index in [4.69, 9.17) is 4.74 Å². The first kappa shape index (κ1) is 14.0. The molecule has 0 spiro atoms. The maximum Gasteiger partial charge on any atom is 0.358 e. The summed E-state index contributed by atoms with van der Waals surface area (Å²) in [6.45, 7) is 3.87. The quantitative estimate of drug-likeness (QED) is 0.601. The summed E-state index contributed by atoms with van der Waals surface area (Å²) in [5, 5.41) is 8.05. The van der Waals surface area contributed by atoms with Gasteiger partial charge in [-0.1, -0.05) is 0 Å². The van der Waals surface area contributed by atoms with E-state index in [-0.39, 0.29) is 18.0 Å². The average molecular weight is 276 g/mol. The van der Waals surface area contributed by atoms with Crippen LogP contribution < -0.4 is 0 Å². The van der Waals surface area contributed by atoms with E-state index in [1.54, 1.807) is 37.8 Å². The third kappa shape index (κ3) is 2.93. The zero-order valence-corrected chi connectivity index (χ0v) is 11.7. The molecule has 0 amide bonds. The van der Waals surface area contributed by atoms with Crippen molar-refractivity contribution < 1.29 is 14.3 Å². The number of carbonyl (C=O) groups excluding carboxylic acids is 2. The van der Waals surface area contributed by atoms with Crippen LogP contribution in [0.5, 0.6) is 0 Å². The average Bonchev–Trinajstić information content (AvgIpc) is 2.97. The topological polar surface area (TPSA) is 79.0 Å². The van der Waals surface area contributed by atoms with E-state index in [1.807, 2.05) is 0 Å². The van der Waals surface area contributed by atoms with E-state index in [0.29, 0.717) is 12.2 Å². The van der Waals surface area contributed by atoms with E-state index >= 15 is 0 Å². The second-order valence-corrected chi connectivity index (χ2v) is 4.37. The summed E-state index contributed by atoms with van der Waals surface area (Å²) in [4.78, 5) is 23.6. The number of rotatable bonds is 5. The number of aromatic nitrogens is 4. The summed E-state index contributed by atoms with van der Waals surface area (Å²) >= 11 is 0. The molecule has 0 aromatic carbocycles. The highest BCUT2D eigenvalue weighted by Crippen LogP contribution is 2.07. The maximum atomic E-state index is 12.1. The number of hydrogen-bond acceptors (Lipinski definition) is 5. The van der Waals surface area contributed by atoms with Crippen molar-refractivity contribution in [2.24, 2.45) is 7.05 Å². The molecule has 7 heteroatoms. The highest BCUT2D eigenvalue weighted by Gasteiger charge is 2.16. The number of hydrogen-bond donors (Lipinski definition) is 0. The first-order valence-electron chi connectivity index (χ1n) is 6.24. The molecule has 2 rings (SSSR count). The highest BCUT2D eigenvalue weighted by molar-refractivity contribution is 5.95. The van der Waals surface area contributed by atoms with Gasteiger partial charge in [-0.3, -0.25) is 14.2 Å². The summed E-state index contributed by atoms with van der Waals surface area (Å²) in [5.41, 5.74) is 1.45. The van der Waals surface area contributed by atoms with Gasteiger partial charge in [-0.15, -0.1) is 0 Å². The Morgan fingerprint density at radius 2 is 2.15 bits per heavy atom. The number of nitrogens with zero attached hydrogens (tertiary/aromatic N) is 4. The van der Waals surface area contributed by atoms with Gasteiger partial charge >= 0.3 is 5.97 Å². The molecular formula is C13H16N4O3. The zero-order chi connectivity index (χ0) is 14.7. The fraction of sp³-hybridized carbons (Fsp3) is 0.385. The Kier molecular flexibility index (Phi) is 3.97. The number of carbonyl (C=O) groups is 2. The second-order valence-electron chi connectivity index (χ2n) is 4.37. The van der Waals surface area contributed by atoms with Gasteiger partial charge in [0.05, 0.1) is 18.4 Å². The van der Waals surface area contributed by atoms with Crippen LogP contribution in [0.3, 0.4) is 0 Å². The van der Waals surface area contributed by atoms with E-state index in [0.717, 1.165) is 5.69 Å². The Hall–Kier alpha value is -2.44. The normalized spacial score (nSPS) is 10.6. The van der Waals surface area contributed by atoms with Gasteiger partial charge in [-0.25, -0.2) is 4.79 Å². The van der Waals surface area contributed by atoms with Crippen LogP contribution >= 0.6 is 0 Å². The van der Waals surface area contributed by atoms with Crippen molar-refractivity contribution in [1.82, 2.24) is 19.6 Å². The predicted octanol–water partition coefficient (Wildman–Crippen LogP) is 0.985. The summed E-state index contributed by atoms with van der Waals surface area (Å²) in [6.07, 6.45) is 3.15. The van der Waals surface area contributed by atoms with Crippen molar-refractivity contribution in [3.05, 3.63) is 35.4 Å². The molecule has 0 atom stereocenters. The number of ether oxygens (including phenoxy) is 1. The summed E-state index contributed by atoms with van der Waals surface area (Å²) < 4.78 is 7.93. The van der Waals surface area contributed by atoms with E-state index in [2.05, 4.69) is 10.2 Å². The Labute approximate surface area is 116 Å². The monoisotopic (exact) mass is 276 g/mol. The summed E-state index contributed by atoms with van der Waals surface area (Å²) in [6, 6.07) is 1.61. The van der Waals surface area contributed by atoms with Crippen molar-refractivity contribution in [3.63, 3.8) is 0 Å². The van der Waals surface area contributed by atoms with Gasteiger partial charge in [-0.05, 0) is 19.9 Å². The summed E-state index contributed by atoms with van der Waals surface area (Å²) in [5.74, 6) is -0.595. The van der Waals surface area contributed by atoms with Crippen molar-refractivity contribution in [3.8, 4) is 0 Å². The fourth-order valence-electron chi connectivity index (χ4n) is 1.77. The lowest BCUT2D eigenvalue weighted by Gasteiger charge is -2.01. The maximum absolute atomic E-state index is 12.1. The highest BCUT2D eigenvalue weighted by atomic mass is 16.5. The lowest BCUT2D eigenvalue weighted by molar-refractivity contribution is 0.0517. The second kappa shape index (κ2) is 5.68. The first-order chi connectivity index (χ1) is 9.51. The molecule has 0 saturated carbocycles. The molecule has 7 nitrogen and oxygen atoms in total. The molecule has 2 heterocycles. The first-order valence-corrected chi connectivity index (χ1v) is 6.24. The van der Waals surface area contributed by atoms with Crippen LogP contribution in [0.15, 0.2) is 18.5 Å². The number of esters is 1. The van der Waals surface area contributed by atoms with Gasteiger partial charge in [0.25, 0.3) is 0 Å². The van der Waals surface area contributed by atoms with Gasteiger partial charge in [0.1, 0.15) is 6.54 Å². The van der Waals surface area contributed by atoms with Gasteiger partial charge < -0.3 is 4.74 Å². The zero-order valence-electron chi connectivity index (χ0n) is 11.7. The Morgan fingerprint density at radius 3 is 2.75 bits per heavy atom. The predicted molar refractivity (Wildman–Crippen MR) is 70.5 cm³/mol. The van der Waals surface area contributed by atoms with Crippen molar-refractivity contribution in [2.75, 3.05) is 6.61 Å². The van der Waals surface area contributed by atoms with Crippen LogP contribution in [0.1, 0.15) is 33.5 Å². The molecule has 20 heavy (non-hydrogen) atoms. The third-order valence-corrected chi connectivity index (χ3v) is 2.79. The molecule has 0 bridgehead atoms. The molecule has 2 aromatic rings. The molecule has 0 aliphatic carbocycles.